The Labute approximate surface area is 397 Å². The summed E-state index contributed by atoms with van der Waals surface area (Å²) in [5.74, 6) is 3.96. The molecule has 0 fully saturated rings. The second-order valence-corrected chi connectivity index (χ2v) is 16.7. The van der Waals surface area contributed by atoms with E-state index >= 15 is 0 Å². The lowest BCUT2D eigenvalue weighted by atomic mass is 10.1. The monoisotopic (exact) mass is 885 g/mol. The van der Waals surface area contributed by atoms with Gasteiger partial charge in [-0.25, -0.2) is 29.9 Å². The molecule has 0 saturated heterocycles. The molecule has 324 valence electrons. The molecule has 0 radical (unpaired) electrons. The van der Waals surface area contributed by atoms with Crippen molar-refractivity contribution in [2.75, 3.05) is 0 Å². The molecule has 0 aliphatic rings. The summed E-state index contributed by atoms with van der Waals surface area (Å²) in [7, 11) is 0. The van der Waals surface area contributed by atoms with E-state index in [1.807, 2.05) is 91.0 Å². The highest BCUT2D eigenvalue weighted by atomic mass is 15.1. The predicted octanol–water partition coefficient (Wildman–Crippen LogP) is 13.9. The number of rotatable bonds is 9. The summed E-state index contributed by atoms with van der Waals surface area (Å²) < 4.78 is 6.66. The summed E-state index contributed by atoms with van der Waals surface area (Å²) >= 11 is 0. The quantitative estimate of drug-likeness (QED) is 0.143. The fourth-order valence-electron chi connectivity index (χ4n) is 9.46. The molecule has 0 bridgehead atoms. The Kier molecular flexibility index (Phi) is 9.61. The third-order valence-electron chi connectivity index (χ3n) is 12.6. The lowest BCUT2D eigenvalue weighted by Crippen LogP contribution is -2.07. The molecule has 0 saturated carbocycles. The van der Waals surface area contributed by atoms with Crippen LogP contribution in [0.5, 0.6) is 0 Å². The van der Waals surface area contributed by atoms with Crippen LogP contribution in [-0.2, 0) is 0 Å². The van der Waals surface area contributed by atoms with E-state index in [-0.39, 0.29) is 0 Å². The van der Waals surface area contributed by atoms with Crippen LogP contribution in [0.1, 0.15) is 0 Å². The van der Waals surface area contributed by atoms with Gasteiger partial charge < -0.3 is 0 Å². The first kappa shape index (κ1) is 39.7. The van der Waals surface area contributed by atoms with Crippen LogP contribution >= 0.6 is 0 Å². The maximum Gasteiger partial charge on any atom is 0.166 e. The van der Waals surface area contributed by atoms with Gasteiger partial charge in [0.1, 0.15) is 17.5 Å². The lowest BCUT2D eigenvalue weighted by molar-refractivity contribution is 1.03. The van der Waals surface area contributed by atoms with Crippen molar-refractivity contribution in [3.8, 4) is 85.4 Å². The zero-order valence-electron chi connectivity index (χ0n) is 37.0. The van der Waals surface area contributed by atoms with E-state index in [1.165, 1.54) is 0 Å². The molecule has 0 amide bonds. The van der Waals surface area contributed by atoms with Crippen molar-refractivity contribution in [2.45, 2.75) is 0 Å². The normalized spacial score (nSPS) is 11.5. The maximum atomic E-state index is 5.50. The maximum absolute atomic E-state index is 5.50. The Balaban J connectivity index is 1.10. The van der Waals surface area contributed by atoms with Crippen LogP contribution in [-0.4, -0.2) is 43.6 Å². The fourth-order valence-corrected chi connectivity index (χ4v) is 9.46. The Morgan fingerprint density at radius 1 is 0.217 bits per heavy atom. The Morgan fingerprint density at radius 3 is 0.768 bits per heavy atom. The number of imidazole rings is 3. The minimum atomic E-state index is 0.504. The minimum absolute atomic E-state index is 0.504. The van der Waals surface area contributed by atoms with Gasteiger partial charge in [-0.3, -0.25) is 13.7 Å². The number of para-hydroxylation sites is 9. The zero-order chi connectivity index (χ0) is 45.7. The number of fused-ring (bicyclic) bond motifs is 3. The first-order chi connectivity index (χ1) is 34.2. The van der Waals surface area contributed by atoms with Gasteiger partial charge in [-0.05, 0) is 72.8 Å². The number of benzene rings is 9. The molecule has 0 unspecified atom stereocenters. The van der Waals surface area contributed by atoms with Gasteiger partial charge >= 0.3 is 0 Å². The second-order valence-electron chi connectivity index (χ2n) is 16.7. The summed E-state index contributed by atoms with van der Waals surface area (Å²) in [4.78, 5) is 32.2. The SMILES string of the molecule is c1ccc(-c2nc3ccccc3n2-c2ccccc2-c2nc(-c3ccccc3-n3c(-c4ccccc4)nc4ccccc43)nc(-c3ccccc3-n3c(-c4ccccc4)nc4ccccc43)n2)cc1. The molecule has 0 N–H and O–H groups in total. The molecule has 13 rings (SSSR count). The average molecular weight is 886 g/mol. The van der Waals surface area contributed by atoms with Crippen LogP contribution in [0, 0.1) is 0 Å². The van der Waals surface area contributed by atoms with E-state index < -0.39 is 0 Å². The van der Waals surface area contributed by atoms with Crippen LogP contribution in [0.2, 0.25) is 0 Å². The summed E-state index contributed by atoms with van der Waals surface area (Å²) in [5, 5.41) is 0. The van der Waals surface area contributed by atoms with E-state index in [9.17, 15) is 0 Å². The van der Waals surface area contributed by atoms with Gasteiger partial charge in [-0.15, -0.1) is 0 Å². The number of hydrogen-bond acceptors (Lipinski definition) is 6. The molecule has 0 atom stereocenters. The Morgan fingerprint density at radius 2 is 0.464 bits per heavy atom. The summed E-state index contributed by atoms with van der Waals surface area (Å²) in [6.45, 7) is 0. The first-order valence-corrected chi connectivity index (χ1v) is 22.9. The summed E-state index contributed by atoms with van der Waals surface area (Å²) in [5.41, 5.74) is 13.6. The van der Waals surface area contributed by atoms with Gasteiger partial charge in [-0.2, -0.15) is 0 Å². The fraction of sp³-hybridized carbons (Fsp3) is 0. The van der Waals surface area contributed by atoms with Crippen molar-refractivity contribution < 1.29 is 0 Å². The minimum Gasteiger partial charge on any atom is -0.292 e. The number of hydrogen-bond donors (Lipinski definition) is 0. The molecule has 0 spiro atoms. The molecule has 9 heteroatoms. The van der Waals surface area contributed by atoms with Gasteiger partial charge in [0.05, 0.1) is 50.2 Å². The standard InChI is InChI=1S/C60H39N9/c1-4-22-40(23-5-1)58-61-46-31-13-19-37-52(46)67(58)49-34-16-10-28-43(49)55-64-56(44-29-11-17-35-50(44)68-53-38-20-14-32-47(53)62-59(68)41-24-6-2-7-25-41)66-57(65-55)45-30-12-18-36-51(45)69-54-39-21-15-33-48(54)63-60(69)42-26-8-3-9-27-42/h1-39H. The van der Waals surface area contributed by atoms with E-state index in [0.29, 0.717) is 17.5 Å². The van der Waals surface area contributed by atoms with E-state index in [2.05, 4.69) is 159 Å². The van der Waals surface area contributed by atoms with Gasteiger partial charge in [0.25, 0.3) is 0 Å². The average Bonchev–Trinajstić information content (AvgIpc) is 4.14. The van der Waals surface area contributed by atoms with Crippen LogP contribution < -0.4 is 0 Å². The molecular formula is C60H39N9. The van der Waals surface area contributed by atoms with Crippen LogP contribution in [0.25, 0.3) is 118 Å². The third kappa shape index (κ3) is 6.87. The summed E-state index contributed by atoms with van der Waals surface area (Å²) in [6.07, 6.45) is 0. The molecule has 4 aromatic heterocycles. The Bertz CT molecular complexity index is 3590. The first-order valence-electron chi connectivity index (χ1n) is 22.9. The van der Waals surface area contributed by atoms with Crippen molar-refractivity contribution in [1.82, 2.24) is 43.6 Å². The molecule has 9 aromatic carbocycles. The smallest absolute Gasteiger partial charge is 0.166 e. The largest absolute Gasteiger partial charge is 0.292 e. The topological polar surface area (TPSA) is 92.1 Å². The highest BCUT2D eigenvalue weighted by Gasteiger charge is 2.25. The number of nitrogens with zero attached hydrogens (tertiary/aromatic N) is 9. The van der Waals surface area contributed by atoms with Gasteiger partial charge in [0, 0.05) is 33.4 Å². The van der Waals surface area contributed by atoms with Crippen LogP contribution in [0.3, 0.4) is 0 Å². The zero-order valence-corrected chi connectivity index (χ0v) is 37.0. The molecule has 0 aliphatic carbocycles. The van der Waals surface area contributed by atoms with Crippen molar-refractivity contribution in [3.63, 3.8) is 0 Å². The molecule has 0 aliphatic heterocycles. The second kappa shape index (κ2) is 16.7. The van der Waals surface area contributed by atoms with Crippen molar-refractivity contribution in [3.05, 3.63) is 237 Å². The summed E-state index contributed by atoms with van der Waals surface area (Å²) in [6, 6.07) is 80.6. The predicted molar refractivity (Wildman–Crippen MR) is 276 cm³/mol. The molecule has 9 nitrogen and oxygen atoms in total. The lowest BCUT2D eigenvalue weighted by Gasteiger charge is -2.18. The van der Waals surface area contributed by atoms with Gasteiger partial charge in [-0.1, -0.05) is 164 Å². The highest BCUT2D eigenvalue weighted by molar-refractivity contribution is 5.90. The van der Waals surface area contributed by atoms with E-state index in [1.54, 1.807) is 0 Å². The van der Waals surface area contributed by atoms with Crippen molar-refractivity contribution >= 4 is 33.1 Å². The molecule has 13 aromatic rings. The van der Waals surface area contributed by atoms with Crippen molar-refractivity contribution in [2.24, 2.45) is 0 Å². The Hall–Kier alpha value is -9.60. The van der Waals surface area contributed by atoms with E-state index in [0.717, 1.165) is 101 Å². The van der Waals surface area contributed by atoms with Crippen molar-refractivity contribution in [1.29, 1.82) is 0 Å². The van der Waals surface area contributed by atoms with Gasteiger partial charge in [0.15, 0.2) is 17.5 Å². The molecular weight excluding hydrogens is 847 g/mol. The molecule has 69 heavy (non-hydrogen) atoms. The van der Waals surface area contributed by atoms with E-state index in [4.69, 9.17) is 29.9 Å². The van der Waals surface area contributed by atoms with Gasteiger partial charge in [0.2, 0.25) is 0 Å². The number of aromatic nitrogens is 9. The molecule has 4 heterocycles. The highest BCUT2D eigenvalue weighted by Crippen LogP contribution is 2.39. The van der Waals surface area contributed by atoms with Crippen LogP contribution in [0.15, 0.2) is 237 Å². The van der Waals surface area contributed by atoms with Crippen LogP contribution in [0.4, 0.5) is 0 Å². The third-order valence-corrected chi connectivity index (χ3v) is 12.6.